The van der Waals surface area contributed by atoms with Crippen LogP contribution >= 0.6 is 0 Å². The number of hydrogen-bond donors (Lipinski definition) is 0. The fourth-order valence-corrected chi connectivity index (χ4v) is 5.94. The Labute approximate surface area is 235 Å². The van der Waals surface area contributed by atoms with Crippen molar-refractivity contribution in [3.63, 3.8) is 0 Å². The summed E-state index contributed by atoms with van der Waals surface area (Å²) in [5, 5.41) is 10.6. The monoisotopic (exact) mass is 520 g/mol. The van der Waals surface area contributed by atoms with E-state index >= 15 is 0 Å². The maximum absolute atomic E-state index is 5.28. The Morgan fingerprint density at radius 1 is 0.475 bits per heavy atom. The van der Waals surface area contributed by atoms with Gasteiger partial charge in [-0.2, -0.15) is 10.2 Å². The molecule has 4 heteroatoms. The van der Waals surface area contributed by atoms with Gasteiger partial charge in [0.05, 0.1) is 22.8 Å². The SMILES string of the molecule is CC1(C)c2cccc(c2)-n2cc(-c3ccccc3)c(n2)C(C)(C)c2cccc(c2)-n2cc(-c3ccccc3)c1n2. The van der Waals surface area contributed by atoms with Crippen LogP contribution in [0.2, 0.25) is 0 Å². The summed E-state index contributed by atoms with van der Waals surface area (Å²) < 4.78 is 4.09. The van der Waals surface area contributed by atoms with Crippen LogP contribution in [0.1, 0.15) is 50.2 Å². The van der Waals surface area contributed by atoms with Crippen LogP contribution < -0.4 is 0 Å². The smallest absolute Gasteiger partial charge is 0.0807 e. The molecule has 4 nitrogen and oxygen atoms in total. The number of nitrogens with zero attached hydrogens (tertiary/aromatic N) is 4. The molecule has 4 aromatic carbocycles. The summed E-state index contributed by atoms with van der Waals surface area (Å²) in [6.45, 7) is 9.06. The van der Waals surface area contributed by atoms with Gasteiger partial charge in [-0.15, -0.1) is 0 Å². The summed E-state index contributed by atoms with van der Waals surface area (Å²) in [5.74, 6) is 0. The fourth-order valence-electron chi connectivity index (χ4n) is 5.94. The third-order valence-electron chi connectivity index (χ3n) is 8.45. The fraction of sp³-hybridized carbons (Fsp3) is 0.167. The lowest BCUT2D eigenvalue weighted by Gasteiger charge is -2.26. The maximum Gasteiger partial charge on any atom is 0.0807 e. The third-order valence-corrected chi connectivity index (χ3v) is 8.45. The molecule has 7 rings (SSSR count). The average Bonchev–Trinajstić information content (AvgIpc) is 3.65. The topological polar surface area (TPSA) is 35.6 Å². The van der Waals surface area contributed by atoms with Crippen molar-refractivity contribution in [2.45, 2.75) is 38.5 Å². The van der Waals surface area contributed by atoms with E-state index in [1.807, 2.05) is 9.36 Å². The molecule has 6 aromatic rings. The molecule has 1 aliphatic heterocycles. The van der Waals surface area contributed by atoms with Gasteiger partial charge in [0.15, 0.2) is 0 Å². The zero-order valence-corrected chi connectivity index (χ0v) is 23.3. The number of benzene rings is 4. The molecule has 0 aliphatic carbocycles. The van der Waals surface area contributed by atoms with Crippen LogP contribution in [0.3, 0.4) is 0 Å². The molecule has 3 heterocycles. The maximum atomic E-state index is 5.28. The van der Waals surface area contributed by atoms with Gasteiger partial charge >= 0.3 is 0 Å². The van der Waals surface area contributed by atoms with Gasteiger partial charge in [0.1, 0.15) is 0 Å². The lowest BCUT2D eigenvalue weighted by molar-refractivity contribution is 0.595. The second-order valence-electron chi connectivity index (χ2n) is 11.8. The Bertz CT molecular complexity index is 1700. The number of fused-ring (bicyclic) bond motifs is 10. The van der Waals surface area contributed by atoms with Gasteiger partial charge in [0, 0.05) is 34.4 Å². The number of aromatic nitrogens is 4. The van der Waals surface area contributed by atoms with Crippen LogP contribution in [0.4, 0.5) is 0 Å². The zero-order valence-electron chi connectivity index (χ0n) is 23.3. The molecular formula is C36H32N4. The van der Waals surface area contributed by atoms with E-state index in [1.165, 1.54) is 11.1 Å². The standard InChI is InChI=1S/C36H32N4/c1-35(2)27-17-11-19-29(21-27)40-24-32(26-15-9-6-10-16-26)34(38-40)36(3,4)28-18-12-20-30(22-28)39-23-31(33(35)37-39)25-13-7-5-8-14-25/h5-24H,1-4H3. The van der Waals surface area contributed by atoms with E-state index in [4.69, 9.17) is 10.2 Å². The van der Waals surface area contributed by atoms with Gasteiger partial charge in [-0.25, -0.2) is 9.36 Å². The lowest BCUT2D eigenvalue weighted by Crippen LogP contribution is -2.23. The highest BCUT2D eigenvalue weighted by Gasteiger charge is 2.33. The molecular weight excluding hydrogens is 488 g/mol. The van der Waals surface area contributed by atoms with Crippen LogP contribution in [-0.4, -0.2) is 19.6 Å². The van der Waals surface area contributed by atoms with Gasteiger partial charge in [-0.3, -0.25) is 0 Å². The Hall–Kier alpha value is -4.70. The largest absolute Gasteiger partial charge is 0.240 e. The minimum Gasteiger partial charge on any atom is -0.240 e. The summed E-state index contributed by atoms with van der Waals surface area (Å²) in [7, 11) is 0. The molecule has 2 aromatic heterocycles. The highest BCUT2D eigenvalue weighted by molar-refractivity contribution is 5.70. The van der Waals surface area contributed by atoms with Crippen molar-refractivity contribution in [2.75, 3.05) is 0 Å². The van der Waals surface area contributed by atoms with Gasteiger partial charge in [0.25, 0.3) is 0 Å². The van der Waals surface area contributed by atoms with E-state index in [0.29, 0.717) is 0 Å². The highest BCUT2D eigenvalue weighted by Crippen LogP contribution is 2.41. The van der Waals surface area contributed by atoms with E-state index in [0.717, 1.165) is 45.0 Å². The second kappa shape index (κ2) is 8.92. The number of rotatable bonds is 2. The van der Waals surface area contributed by atoms with Gasteiger partial charge < -0.3 is 0 Å². The quantitative estimate of drug-likeness (QED) is 0.230. The molecule has 1 aliphatic rings. The van der Waals surface area contributed by atoms with Crippen molar-refractivity contribution >= 4 is 0 Å². The van der Waals surface area contributed by atoms with Crippen molar-refractivity contribution in [3.8, 4) is 33.6 Å². The van der Waals surface area contributed by atoms with Gasteiger partial charge in [-0.1, -0.05) is 113 Å². The summed E-state index contributed by atoms with van der Waals surface area (Å²) in [4.78, 5) is 0. The Morgan fingerprint density at radius 2 is 0.875 bits per heavy atom. The molecule has 0 N–H and O–H groups in total. The van der Waals surface area contributed by atoms with Gasteiger partial charge in [-0.05, 0) is 46.5 Å². The molecule has 40 heavy (non-hydrogen) atoms. The van der Waals surface area contributed by atoms with Crippen LogP contribution in [0.15, 0.2) is 122 Å². The highest BCUT2D eigenvalue weighted by atomic mass is 15.3. The predicted octanol–water partition coefficient (Wildman–Crippen LogP) is 8.36. The minimum absolute atomic E-state index is 0.355. The Balaban J connectivity index is 1.54. The van der Waals surface area contributed by atoms with E-state index in [1.54, 1.807) is 0 Å². The van der Waals surface area contributed by atoms with Crippen molar-refractivity contribution in [3.05, 3.63) is 144 Å². The Kier molecular flexibility index (Phi) is 5.43. The minimum atomic E-state index is -0.355. The number of hydrogen-bond acceptors (Lipinski definition) is 2. The molecule has 0 amide bonds. The normalized spacial score (nSPS) is 14.9. The lowest BCUT2D eigenvalue weighted by atomic mass is 9.79. The van der Waals surface area contributed by atoms with Crippen molar-refractivity contribution in [1.82, 2.24) is 19.6 Å². The average molecular weight is 521 g/mol. The van der Waals surface area contributed by atoms with Crippen LogP contribution in [0, 0.1) is 0 Å². The van der Waals surface area contributed by atoms with Crippen LogP contribution in [0.25, 0.3) is 33.6 Å². The first kappa shape index (κ1) is 24.3. The van der Waals surface area contributed by atoms with Crippen LogP contribution in [0.5, 0.6) is 0 Å². The van der Waals surface area contributed by atoms with E-state index < -0.39 is 0 Å². The zero-order chi connectivity index (χ0) is 27.5. The first-order valence-corrected chi connectivity index (χ1v) is 13.9. The summed E-state index contributed by atoms with van der Waals surface area (Å²) >= 11 is 0. The van der Waals surface area contributed by atoms with Crippen molar-refractivity contribution < 1.29 is 0 Å². The molecule has 0 fully saturated rings. The van der Waals surface area contributed by atoms with E-state index in [2.05, 4.69) is 149 Å². The Morgan fingerprint density at radius 3 is 1.27 bits per heavy atom. The first-order chi connectivity index (χ1) is 19.3. The van der Waals surface area contributed by atoms with E-state index in [-0.39, 0.29) is 10.8 Å². The first-order valence-electron chi connectivity index (χ1n) is 13.9. The molecule has 0 unspecified atom stereocenters. The van der Waals surface area contributed by atoms with Crippen molar-refractivity contribution in [1.29, 1.82) is 0 Å². The molecule has 0 saturated carbocycles. The molecule has 0 atom stereocenters. The van der Waals surface area contributed by atoms with E-state index in [9.17, 15) is 0 Å². The summed E-state index contributed by atoms with van der Waals surface area (Å²) in [6, 6.07) is 38.6. The molecule has 0 saturated heterocycles. The van der Waals surface area contributed by atoms with Crippen LogP contribution in [-0.2, 0) is 10.8 Å². The summed E-state index contributed by atoms with van der Waals surface area (Å²) in [5.41, 5.74) is 10.4. The van der Waals surface area contributed by atoms with Crippen molar-refractivity contribution in [2.24, 2.45) is 0 Å². The molecule has 196 valence electrons. The molecule has 0 radical (unpaired) electrons. The predicted molar refractivity (Wildman–Crippen MR) is 162 cm³/mol. The van der Waals surface area contributed by atoms with Gasteiger partial charge in [0.2, 0.25) is 0 Å². The second-order valence-corrected chi connectivity index (χ2v) is 11.8. The molecule has 0 spiro atoms. The molecule has 8 bridgehead atoms. The third kappa shape index (κ3) is 3.83. The summed E-state index contributed by atoms with van der Waals surface area (Å²) in [6.07, 6.45) is 4.37.